The molecule has 118 valence electrons. The molecule has 3 aromatic rings. The van der Waals surface area contributed by atoms with E-state index in [1.54, 1.807) is 34.6 Å². The number of hydrogen-bond acceptors (Lipinski definition) is 5. The van der Waals surface area contributed by atoms with Crippen LogP contribution in [-0.4, -0.2) is 25.7 Å². The van der Waals surface area contributed by atoms with Crippen LogP contribution in [0.15, 0.2) is 42.3 Å². The molecule has 0 unspecified atom stereocenters. The molecule has 7 heteroatoms. The minimum Gasteiger partial charge on any atom is -0.350 e. The van der Waals surface area contributed by atoms with Crippen molar-refractivity contribution in [3.05, 3.63) is 52.9 Å². The van der Waals surface area contributed by atoms with Gasteiger partial charge in [-0.05, 0) is 24.6 Å². The van der Waals surface area contributed by atoms with Crippen molar-refractivity contribution in [2.75, 3.05) is 0 Å². The van der Waals surface area contributed by atoms with Gasteiger partial charge in [0.2, 0.25) is 5.91 Å². The van der Waals surface area contributed by atoms with Gasteiger partial charge in [-0.2, -0.15) is 5.10 Å². The first-order valence-electron chi connectivity index (χ1n) is 7.31. The normalized spacial score (nSPS) is 10.7. The fourth-order valence-electron chi connectivity index (χ4n) is 2.12. The number of rotatable bonds is 6. The average molecular weight is 327 g/mol. The molecular weight excluding hydrogens is 310 g/mol. The van der Waals surface area contributed by atoms with E-state index < -0.39 is 0 Å². The monoisotopic (exact) mass is 327 g/mol. The summed E-state index contributed by atoms with van der Waals surface area (Å²) in [6, 6.07) is 3.84. The number of carbonyl (C=O) groups is 1. The predicted octanol–water partition coefficient (Wildman–Crippen LogP) is 2.42. The van der Waals surface area contributed by atoms with Gasteiger partial charge in [0.15, 0.2) is 0 Å². The van der Waals surface area contributed by atoms with Crippen molar-refractivity contribution in [2.45, 2.75) is 26.4 Å². The molecule has 0 aliphatic carbocycles. The van der Waals surface area contributed by atoms with Gasteiger partial charge in [0.25, 0.3) is 0 Å². The van der Waals surface area contributed by atoms with Crippen molar-refractivity contribution < 1.29 is 4.79 Å². The Morgan fingerprint density at radius 3 is 2.91 bits per heavy atom. The van der Waals surface area contributed by atoms with E-state index in [2.05, 4.69) is 20.4 Å². The predicted molar refractivity (Wildman–Crippen MR) is 88.8 cm³/mol. The number of aryl methyl sites for hydroxylation is 2. The van der Waals surface area contributed by atoms with Crippen LogP contribution >= 0.6 is 11.3 Å². The molecule has 3 aromatic heterocycles. The quantitative estimate of drug-likeness (QED) is 0.754. The Balaban J connectivity index is 1.48. The molecule has 0 atom stereocenters. The highest BCUT2D eigenvalue weighted by atomic mass is 32.1. The Kier molecular flexibility index (Phi) is 4.77. The zero-order chi connectivity index (χ0) is 16.1. The minimum atomic E-state index is -0.00110. The Labute approximate surface area is 138 Å². The van der Waals surface area contributed by atoms with Gasteiger partial charge in [0.05, 0.1) is 18.4 Å². The smallest absolute Gasteiger partial charge is 0.222 e. The first-order chi connectivity index (χ1) is 11.2. The van der Waals surface area contributed by atoms with Gasteiger partial charge in [0.1, 0.15) is 5.01 Å². The minimum absolute atomic E-state index is 0.00110. The van der Waals surface area contributed by atoms with Gasteiger partial charge in [-0.15, -0.1) is 11.3 Å². The fourth-order valence-corrected chi connectivity index (χ4v) is 2.86. The Hall–Kier alpha value is -2.54. The van der Waals surface area contributed by atoms with E-state index in [0.29, 0.717) is 19.5 Å². The van der Waals surface area contributed by atoms with Crippen molar-refractivity contribution in [3.8, 4) is 11.3 Å². The maximum absolute atomic E-state index is 11.9. The van der Waals surface area contributed by atoms with Crippen molar-refractivity contribution in [1.29, 1.82) is 0 Å². The van der Waals surface area contributed by atoms with E-state index in [4.69, 9.17) is 0 Å². The highest BCUT2D eigenvalue weighted by Gasteiger charge is 2.07. The first-order valence-corrected chi connectivity index (χ1v) is 8.19. The van der Waals surface area contributed by atoms with Crippen LogP contribution in [0.2, 0.25) is 0 Å². The lowest BCUT2D eigenvalue weighted by Gasteiger charge is -2.03. The van der Waals surface area contributed by atoms with Crippen LogP contribution in [-0.2, 0) is 17.9 Å². The lowest BCUT2D eigenvalue weighted by molar-refractivity contribution is -0.121. The second-order valence-corrected chi connectivity index (χ2v) is 6.11. The summed E-state index contributed by atoms with van der Waals surface area (Å²) in [7, 11) is 0. The Morgan fingerprint density at radius 1 is 1.35 bits per heavy atom. The topological polar surface area (TPSA) is 72.7 Å². The van der Waals surface area contributed by atoms with Crippen molar-refractivity contribution >= 4 is 17.2 Å². The van der Waals surface area contributed by atoms with E-state index in [0.717, 1.165) is 21.8 Å². The van der Waals surface area contributed by atoms with Gasteiger partial charge in [0, 0.05) is 42.5 Å². The summed E-state index contributed by atoms with van der Waals surface area (Å²) in [5.41, 5.74) is 3.04. The summed E-state index contributed by atoms with van der Waals surface area (Å²) in [5.74, 6) is -0.00110. The molecule has 1 N–H and O–H groups in total. The molecule has 23 heavy (non-hydrogen) atoms. The summed E-state index contributed by atoms with van der Waals surface area (Å²) in [4.78, 5) is 20.4. The van der Waals surface area contributed by atoms with E-state index >= 15 is 0 Å². The molecule has 0 bridgehead atoms. The standard InChI is InChI=1S/C16H17N5OS/c1-12-8-19-21(10-12)7-4-15(22)18-9-16-20-14(11-23-16)13-2-5-17-6-3-13/h2-3,5-6,8,10-11H,4,7,9H2,1H3,(H,18,22). The maximum atomic E-state index is 11.9. The van der Waals surface area contributed by atoms with Crippen LogP contribution in [0.4, 0.5) is 0 Å². The summed E-state index contributed by atoms with van der Waals surface area (Å²) in [5, 5.41) is 9.94. The number of carbonyl (C=O) groups excluding carboxylic acids is 1. The van der Waals surface area contributed by atoms with Crippen LogP contribution in [0.5, 0.6) is 0 Å². The van der Waals surface area contributed by atoms with Crippen LogP contribution < -0.4 is 5.32 Å². The number of nitrogens with one attached hydrogen (secondary N) is 1. The third-order valence-electron chi connectivity index (χ3n) is 3.29. The van der Waals surface area contributed by atoms with Gasteiger partial charge in [-0.1, -0.05) is 0 Å². The third kappa shape index (κ3) is 4.23. The fraction of sp³-hybridized carbons (Fsp3) is 0.250. The van der Waals surface area contributed by atoms with Crippen molar-refractivity contribution in [2.24, 2.45) is 0 Å². The van der Waals surface area contributed by atoms with Crippen molar-refractivity contribution in [1.82, 2.24) is 25.1 Å². The van der Waals surface area contributed by atoms with Gasteiger partial charge in [-0.3, -0.25) is 14.5 Å². The van der Waals surface area contributed by atoms with E-state index in [1.807, 2.05) is 30.6 Å². The molecule has 0 saturated heterocycles. The Bertz CT molecular complexity index is 781. The lowest BCUT2D eigenvalue weighted by Crippen LogP contribution is -2.23. The molecule has 0 spiro atoms. The molecular formula is C16H17N5OS. The lowest BCUT2D eigenvalue weighted by atomic mass is 10.2. The molecule has 0 aliphatic rings. The van der Waals surface area contributed by atoms with Gasteiger partial charge >= 0.3 is 0 Å². The number of hydrogen-bond donors (Lipinski definition) is 1. The van der Waals surface area contributed by atoms with E-state index in [-0.39, 0.29) is 5.91 Å². The zero-order valence-corrected chi connectivity index (χ0v) is 13.6. The summed E-state index contributed by atoms with van der Waals surface area (Å²) < 4.78 is 1.78. The summed E-state index contributed by atoms with van der Waals surface area (Å²) in [6.07, 6.45) is 7.60. The second kappa shape index (κ2) is 7.15. The van der Waals surface area contributed by atoms with Crippen molar-refractivity contribution in [3.63, 3.8) is 0 Å². The number of aromatic nitrogens is 4. The molecule has 1 amide bonds. The highest BCUT2D eigenvalue weighted by molar-refractivity contribution is 7.09. The third-order valence-corrected chi connectivity index (χ3v) is 4.14. The van der Waals surface area contributed by atoms with Gasteiger partial charge in [-0.25, -0.2) is 4.98 Å². The number of nitrogens with zero attached hydrogens (tertiary/aromatic N) is 4. The second-order valence-electron chi connectivity index (χ2n) is 5.17. The SMILES string of the molecule is Cc1cnn(CCC(=O)NCc2nc(-c3ccncc3)cs2)c1. The summed E-state index contributed by atoms with van der Waals surface area (Å²) >= 11 is 1.54. The molecule has 0 fully saturated rings. The molecule has 3 rings (SSSR count). The number of thiazole rings is 1. The van der Waals surface area contributed by atoms with Crippen LogP contribution in [0.25, 0.3) is 11.3 Å². The molecule has 6 nitrogen and oxygen atoms in total. The molecule has 0 saturated carbocycles. The van der Waals surface area contributed by atoms with Crippen LogP contribution in [0, 0.1) is 6.92 Å². The maximum Gasteiger partial charge on any atom is 0.222 e. The number of pyridine rings is 1. The highest BCUT2D eigenvalue weighted by Crippen LogP contribution is 2.20. The molecule has 0 aliphatic heterocycles. The number of amides is 1. The zero-order valence-electron chi connectivity index (χ0n) is 12.8. The van der Waals surface area contributed by atoms with Crippen LogP contribution in [0.1, 0.15) is 17.0 Å². The van der Waals surface area contributed by atoms with Gasteiger partial charge < -0.3 is 5.32 Å². The largest absolute Gasteiger partial charge is 0.350 e. The van der Waals surface area contributed by atoms with E-state index in [1.165, 1.54) is 0 Å². The molecule has 3 heterocycles. The van der Waals surface area contributed by atoms with E-state index in [9.17, 15) is 4.79 Å². The first kappa shape index (κ1) is 15.4. The summed E-state index contributed by atoms with van der Waals surface area (Å²) in [6.45, 7) is 3.01. The molecule has 0 radical (unpaired) electrons. The molecule has 0 aromatic carbocycles. The Morgan fingerprint density at radius 2 is 2.17 bits per heavy atom. The van der Waals surface area contributed by atoms with Crippen LogP contribution in [0.3, 0.4) is 0 Å². The average Bonchev–Trinajstić information content (AvgIpc) is 3.21.